The topological polar surface area (TPSA) is 45.7 Å². The zero-order chi connectivity index (χ0) is 20.8. The lowest BCUT2D eigenvalue weighted by atomic mass is 10.0. The maximum absolute atomic E-state index is 13.5. The van der Waals surface area contributed by atoms with E-state index in [0.29, 0.717) is 13.0 Å². The second-order valence-electron chi connectivity index (χ2n) is 7.94. The Kier molecular flexibility index (Phi) is 6.72. The molecule has 1 atom stereocenters. The SMILES string of the molecule is CC(CN1CCOCC1)N(Cc1ccccc1)C(=O)Cc1cccc2cccnc12. The van der Waals surface area contributed by atoms with E-state index >= 15 is 0 Å². The van der Waals surface area contributed by atoms with Crippen LogP contribution in [0.15, 0.2) is 66.9 Å². The minimum Gasteiger partial charge on any atom is -0.379 e. The van der Waals surface area contributed by atoms with Gasteiger partial charge in [-0.25, -0.2) is 0 Å². The number of morpholine rings is 1. The number of fused-ring (bicyclic) bond motifs is 1. The Morgan fingerprint density at radius 1 is 1.07 bits per heavy atom. The number of aromatic nitrogens is 1. The molecule has 30 heavy (non-hydrogen) atoms. The molecule has 1 aliphatic heterocycles. The van der Waals surface area contributed by atoms with Gasteiger partial charge in [0.15, 0.2) is 0 Å². The Morgan fingerprint density at radius 3 is 2.63 bits per heavy atom. The number of benzene rings is 2. The van der Waals surface area contributed by atoms with Gasteiger partial charge >= 0.3 is 0 Å². The largest absolute Gasteiger partial charge is 0.379 e. The summed E-state index contributed by atoms with van der Waals surface area (Å²) in [5.41, 5.74) is 3.04. The molecule has 1 fully saturated rings. The van der Waals surface area contributed by atoms with Crippen molar-refractivity contribution in [2.45, 2.75) is 25.9 Å². The smallest absolute Gasteiger partial charge is 0.227 e. The molecule has 5 heteroatoms. The van der Waals surface area contributed by atoms with Crippen LogP contribution in [0.3, 0.4) is 0 Å². The Morgan fingerprint density at radius 2 is 1.83 bits per heavy atom. The van der Waals surface area contributed by atoms with Crippen LogP contribution in [0.4, 0.5) is 0 Å². The fourth-order valence-electron chi connectivity index (χ4n) is 4.10. The lowest BCUT2D eigenvalue weighted by Crippen LogP contribution is -2.48. The van der Waals surface area contributed by atoms with Crippen molar-refractivity contribution in [2.24, 2.45) is 0 Å². The van der Waals surface area contributed by atoms with Crippen molar-refractivity contribution in [2.75, 3.05) is 32.8 Å². The summed E-state index contributed by atoms with van der Waals surface area (Å²) in [6, 6.07) is 20.4. The van der Waals surface area contributed by atoms with Crippen molar-refractivity contribution in [3.63, 3.8) is 0 Å². The van der Waals surface area contributed by atoms with E-state index in [0.717, 1.165) is 54.9 Å². The molecule has 1 amide bonds. The zero-order valence-corrected chi connectivity index (χ0v) is 17.5. The number of carbonyl (C=O) groups excluding carboxylic acids is 1. The summed E-state index contributed by atoms with van der Waals surface area (Å²) in [6.07, 6.45) is 2.15. The predicted octanol–water partition coefficient (Wildman–Crippen LogP) is 3.53. The van der Waals surface area contributed by atoms with Gasteiger partial charge < -0.3 is 9.64 Å². The number of para-hydroxylation sites is 1. The monoisotopic (exact) mass is 403 g/mol. The van der Waals surface area contributed by atoms with Gasteiger partial charge in [-0.15, -0.1) is 0 Å². The van der Waals surface area contributed by atoms with Gasteiger partial charge in [-0.3, -0.25) is 14.7 Å². The molecule has 1 unspecified atom stereocenters. The van der Waals surface area contributed by atoms with Gasteiger partial charge in [0.25, 0.3) is 0 Å². The first kappa shape index (κ1) is 20.5. The van der Waals surface area contributed by atoms with Gasteiger partial charge in [0.05, 0.1) is 25.2 Å². The standard InChI is InChI=1S/C25H29N3O2/c1-20(18-27-13-15-30-16-14-27)28(19-21-7-3-2-4-8-21)24(29)17-23-10-5-9-22-11-6-12-26-25(22)23/h2-12,20H,13-19H2,1H3. The van der Waals surface area contributed by atoms with Crippen molar-refractivity contribution in [3.05, 3.63) is 78.0 Å². The van der Waals surface area contributed by atoms with Crippen molar-refractivity contribution in [3.8, 4) is 0 Å². The fraction of sp³-hybridized carbons (Fsp3) is 0.360. The van der Waals surface area contributed by atoms with Crippen molar-refractivity contribution in [1.82, 2.24) is 14.8 Å². The molecule has 4 rings (SSSR count). The van der Waals surface area contributed by atoms with Crippen LogP contribution in [0.1, 0.15) is 18.1 Å². The van der Waals surface area contributed by atoms with Gasteiger partial charge in [-0.2, -0.15) is 0 Å². The maximum atomic E-state index is 13.5. The molecule has 2 heterocycles. The molecule has 3 aromatic rings. The Hall–Kier alpha value is -2.76. The van der Waals surface area contributed by atoms with Gasteiger partial charge in [0.1, 0.15) is 0 Å². The molecule has 1 aliphatic rings. The summed E-state index contributed by atoms with van der Waals surface area (Å²) < 4.78 is 5.48. The summed E-state index contributed by atoms with van der Waals surface area (Å²) in [4.78, 5) is 22.4. The van der Waals surface area contributed by atoms with E-state index < -0.39 is 0 Å². The third-order valence-electron chi connectivity index (χ3n) is 5.73. The molecule has 1 saturated heterocycles. The summed E-state index contributed by atoms with van der Waals surface area (Å²) in [5.74, 6) is 0.137. The molecule has 2 aromatic carbocycles. The number of pyridine rings is 1. The van der Waals surface area contributed by atoms with Crippen LogP contribution in [-0.4, -0.2) is 59.6 Å². The Labute approximate surface area is 178 Å². The zero-order valence-electron chi connectivity index (χ0n) is 17.5. The molecule has 156 valence electrons. The molecule has 0 bridgehead atoms. The number of rotatable bonds is 7. The summed E-state index contributed by atoms with van der Waals surface area (Å²) in [6.45, 7) is 6.99. The van der Waals surface area contributed by atoms with Gasteiger partial charge in [0.2, 0.25) is 5.91 Å². The van der Waals surface area contributed by atoms with E-state index in [9.17, 15) is 4.79 Å². The molecule has 0 aliphatic carbocycles. The quantitative estimate of drug-likeness (QED) is 0.606. The van der Waals surface area contributed by atoms with Crippen LogP contribution < -0.4 is 0 Å². The van der Waals surface area contributed by atoms with Crippen LogP contribution in [0.2, 0.25) is 0 Å². The number of hydrogen-bond donors (Lipinski definition) is 0. The van der Waals surface area contributed by atoms with E-state index in [4.69, 9.17) is 4.74 Å². The summed E-state index contributed by atoms with van der Waals surface area (Å²) >= 11 is 0. The number of carbonyl (C=O) groups is 1. The number of ether oxygens (including phenoxy) is 1. The molecule has 0 radical (unpaired) electrons. The van der Waals surface area contributed by atoms with Crippen LogP contribution in [0, 0.1) is 0 Å². The number of hydrogen-bond acceptors (Lipinski definition) is 4. The first-order chi connectivity index (χ1) is 14.7. The summed E-state index contributed by atoms with van der Waals surface area (Å²) in [7, 11) is 0. The third kappa shape index (κ3) is 5.04. The maximum Gasteiger partial charge on any atom is 0.227 e. The van der Waals surface area contributed by atoms with Crippen LogP contribution in [-0.2, 0) is 22.5 Å². The Bertz CT molecular complexity index is 965. The van der Waals surface area contributed by atoms with E-state index in [1.807, 2.05) is 53.4 Å². The highest BCUT2D eigenvalue weighted by Gasteiger charge is 2.24. The van der Waals surface area contributed by atoms with E-state index in [-0.39, 0.29) is 11.9 Å². The van der Waals surface area contributed by atoms with E-state index in [1.165, 1.54) is 0 Å². The second-order valence-corrected chi connectivity index (χ2v) is 7.94. The van der Waals surface area contributed by atoms with E-state index in [2.05, 4.69) is 28.9 Å². The highest BCUT2D eigenvalue weighted by Crippen LogP contribution is 2.19. The van der Waals surface area contributed by atoms with E-state index in [1.54, 1.807) is 6.20 Å². The average molecular weight is 404 g/mol. The molecule has 5 nitrogen and oxygen atoms in total. The van der Waals surface area contributed by atoms with Gasteiger partial charge in [-0.1, -0.05) is 54.6 Å². The second kappa shape index (κ2) is 9.83. The molecule has 1 aromatic heterocycles. The molecular formula is C25H29N3O2. The van der Waals surface area contributed by atoms with Crippen LogP contribution >= 0.6 is 0 Å². The van der Waals surface area contributed by atoms with Crippen LogP contribution in [0.25, 0.3) is 10.9 Å². The van der Waals surface area contributed by atoms with Gasteiger partial charge in [-0.05, 0) is 24.1 Å². The highest BCUT2D eigenvalue weighted by molar-refractivity contribution is 5.87. The fourth-order valence-corrected chi connectivity index (χ4v) is 4.10. The molecule has 0 saturated carbocycles. The lowest BCUT2D eigenvalue weighted by molar-refractivity contribution is -0.133. The first-order valence-corrected chi connectivity index (χ1v) is 10.7. The minimum absolute atomic E-state index is 0.110. The number of nitrogens with zero attached hydrogens (tertiary/aromatic N) is 3. The van der Waals surface area contributed by atoms with Crippen LogP contribution in [0.5, 0.6) is 0 Å². The van der Waals surface area contributed by atoms with Gasteiger partial charge in [0, 0.05) is 43.8 Å². The molecular weight excluding hydrogens is 374 g/mol. The predicted molar refractivity (Wildman–Crippen MR) is 119 cm³/mol. The third-order valence-corrected chi connectivity index (χ3v) is 5.73. The minimum atomic E-state index is 0.110. The Balaban J connectivity index is 1.54. The molecule has 0 spiro atoms. The normalized spacial score (nSPS) is 15.8. The lowest BCUT2D eigenvalue weighted by Gasteiger charge is -2.35. The summed E-state index contributed by atoms with van der Waals surface area (Å²) in [5, 5.41) is 1.07. The highest BCUT2D eigenvalue weighted by atomic mass is 16.5. The average Bonchev–Trinajstić information content (AvgIpc) is 2.79. The first-order valence-electron chi connectivity index (χ1n) is 10.7. The van der Waals surface area contributed by atoms with Crippen molar-refractivity contribution >= 4 is 16.8 Å². The molecule has 0 N–H and O–H groups in total. The van der Waals surface area contributed by atoms with Crippen molar-refractivity contribution < 1.29 is 9.53 Å². The van der Waals surface area contributed by atoms with Crippen molar-refractivity contribution in [1.29, 1.82) is 0 Å². The number of amides is 1.